The monoisotopic (exact) mass is 354 g/mol. The summed E-state index contributed by atoms with van der Waals surface area (Å²) in [5.74, 6) is -1.76. The number of carbonyl (C=O) groups excluding carboxylic acids is 1. The number of carboxylic acids is 1. The van der Waals surface area contributed by atoms with Crippen molar-refractivity contribution in [3.63, 3.8) is 0 Å². The van der Waals surface area contributed by atoms with E-state index in [1.807, 2.05) is 0 Å². The molecule has 0 aliphatic carbocycles. The van der Waals surface area contributed by atoms with Crippen LogP contribution in [0.25, 0.3) is 0 Å². The molecule has 2 rings (SSSR count). The molecule has 0 saturated carbocycles. The first-order valence-corrected chi connectivity index (χ1v) is 9.33. The van der Waals surface area contributed by atoms with Crippen LogP contribution in [0.4, 0.5) is 5.69 Å². The third-order valence-corrected chi connectivity index (χ3v) is 6.01. The lowest BCUT2D eigenvalue weighted by molar-refractivity contribution is -0.141. The Hall–Kier alpha value is -2.09. The maximum absolute atomic E-state index is 12.5. The van der Waals surface area contributed by atoms with E-state index in [9.17, 15) is 18.0 Å². The molecule has 1 atom stereocenters. The van der Waals surface area contributed by atoms with Crippen molar-refractivity contribution in [1.82, 2.24) is 4.90 Å². The lowest BCUT2D eigenvalue weighted by Gasteiger charge is -2.22. The molecule has 1 amide bonds. The molecule has 132 valence electrons. The maximum Gasteiger partial charge on any atom is 0.308 e. The molecule has 7 nitrogen and oxygen atoms in total. The fourth-order valence-corrected chi connectivity index (χ4v) is 4.31. The fourth-order valence-electron chi connectivity index (χ4n) is 2.75. The molecule has 1 aliphatic rings. The van der Waals surface area contributed by atoms with E-state index in [4.69, 9.17) is 5.11 Å². The molecule has 1 unspecified atom stereocenters. The topological polar surface area (TPSA) is 95.0 Å². The standard InChI is InChI=1S/C16H22N2O5S/c1-11-9-13(18-7-4-8-24(18,22)23)5-6-14(11)15(19)17(3)10-12(2)16(20)21/h5-6,9,12H,4,7-8,10H2,1-3H3,(H,20,21). The highest BCUT2D eigenvalue weighted by Crippen LogP contribution is 2.26. The van der Waals surface area contributed by atoms with Crippen molar-refractivity contribution in [3.05, 3.63) is 29.3 Å². The molecule has 0 aromatic heterocycles. The molecule has 1 aliphatic heterocycles. The number of sulfonamides is 1. The Kier molecular flexibility index (Phi) is 5.17. The Morgan fingerprint density at radius 1 is 1.38 bits per heavy atom. The second kappa shape index (κ2) is 6.80. The van der Waals surface area contributed by atoms with Crippen LogP contribution >= 0.6 is 0 Å². The van der Waals surface area contributed by atoms with E-state index in [0.717, 1.165) is 0 Å². The van der Waals surface area contributed by atoms with Gasteiger partial charge in [-0.1, -0.05) is 6.92 Å². The molecule has 24 heavy (non-hydrogen) atoms. The van der Waals surface area contributed by atoms with E-state index < -0.39 is 21.9 Å². The summed E-state index contributed by atoms with van der Waals surface area (Å²) >= 11 is 0. The lowest BCUT2D eigenvalue weighted by Crippen LogP contribution is -2.34. The Morgan fingerprint density at radius 3 is 2.54 bits per heavy atom. The zero-order chi connectivity index (χ0) is 18.1. The second-order valence-electron chi connectivity index (χ2n) is 6.17. The van der Waals surface area contributed by atoms with E-state index in [-0.39, 0.29) is 18.2 Å². The number of anilines is 1. The molecule has 1 N–H and O–H groups in total. The highest BCUT2D eigenvalue weighted by atomic mass is 32.2. The summed E-state index contributed by atoms with van der Waals surface area (Å²) in [6.45, 7) is 3.84. The van der Waals surface area contributed by atoms with Gasteiger partial charge in [0.25, 0.3) is 5.91 Å². The van der Waals surface area contributed by atoms with Crippen LogP contribution in [0.5, 0.6) is 0 Å². The van der Waals surface area contributed by atoms with Crippen molar-refractivity contribution in [2.45, 2.75) is 20.3 Å². The van der Waals surface area contributed by atoms with Crippen LogP contribution in [0.15, 0.2) is 18.2 Å². The number of aliphatic carboxylic acids is 1. The predicted molar refractivity (Wildman–Crippen MR) is 90.7 cm³/mol. The fraction of sp³-hybridized carbons (Fsp3) is 0.500. The Bertz CT molecular complexity index is 760. The number of nitrogens with zero attached hydrogens (tertiary/aromatic N) is 2. The molecular weight excluding hydrogens is 332 g/mol. The first-order valence-electron chi connectivity index (χ1n) is 7.73. The molecule has 1 saturated heterocycles. The average molecular weight is 354 g/mol. The quantitative estimate of drug-likeness (QED) is 0.861. The number of carbonyl (C=O) groups is 2. The first-order chi connectivity index (χ1) is 11.1. The number of benzene rings is 1. The van der Waals surface area contributed by atoms with Gasteiger partial charge in [0.1, 0.15) is 0 Å². The third kappa shape index (κ3) is 3.69. The van der Waals surface area contributed by atoms with Crippen LogP contribution in [0, 0.1) is 12.8 Å². The van der Waals surface area contributed by atoms with Crippen molar-refractivity contribution in [2.24, 2.45) is 5.92 Å². The van der Waals surface area contributed by atoms with Crippen LogP contribution in [0.1, 0.15) is 29.3 Å². The number of aryl methyl sites for hydroxylation is 1. The van der Waals surface area contributed by atoms with Gasteiger partial charge in [-0.2, -0.15) is 0 Å². The largest absolute Gasteiger partial charge is 0.481 e. The van der Waals surface area contributed by atoms with E-state index in [2.05, 4.69) is 0 Å². The number of hydrogen-bond donors (Lipinski definition) is 1. The van der Waals surface area contributed by atoms with Crippen molar-refractivity contribution in [3.8, 4) is 0 Å². The predicted octanol–water partition coefficient (Wildman–Crippen LogP) is 1.33. The van der Waals surface area contributed by atoms with Gasteiger partial charge in [0.2, 0.25) is 10.0 Å². The van der Waals surface area contributed by atoms with Crippen molar-refractivity contribution in [2.75, 3.05) is 30.2 Å². The second-order valence-corrected chi connectivity index (χ2v) is 8.18. The highest BCUT2D eigenvalue weighted by Gasteiger charge is 2.29. The minimum absolute atomic E-state index is 0.107. The molecule has 1 heterocycles. The van der Waals surface area contributed by atoms with Crippen LogP contribution in [-0.4, -0.2) is 56.2 Å². The Morgan fingerprint density at radius 2 is 2.04 bits per heavy atom. The lowest BCUT2D eigenvalue weighted by atomic mass is 10.1. The zero-order valence-corrected chi connectivity index (χ0v) is 14.8. The number of amides is 1. The summed E-state index contributed by atoms with van der Waals surface area (Å²) in [6, 6.07) is 4.91. The van der Waals surface area contributed by atoms with E-state index in [0.29, 0.717) is 29.8 Å². The Labute approximate surface area is 141 Å². The molecule has 1 fully saturated rings. The van der Waals surface area contributed by atoms with Gasteiger partial charge in [0.05, 0.1) is 17.4 Å². The summed E-state index contributed by atoms with van der Waals surface area (Å²) in [6.07, 6.45) is 0.595. The van der Waals surface area contributed by atoms with Crippen LogP contribution < -0.4 is 4.31 Å². The molecule has 1 aromatic carbocycles. The van der Waals surface area contributed by atoms with Crippen LogP contribution in [0.3, 0.4) is 0 Å². The SMILES string of the molecule is Cc1cc(N2CCCS2(=O)=O)ccc1C(=O)N(C)CC(C)C(=O)O. The number of rotatable bonds is 5. The van der Waals surface area contributed by atoms with Crippen molar-refractivity contribution >= 4 is 27.6 Å². The summed E-state index contributed by atoms with van der Waals surface area (Å²) in [7, 11) is -1.70. The Balaban J connectivity index is 2.20. The molecule has 0 spiro atoms. The molecule has 0 radical (unpaired) electrons. The van der Waals surface area contributed by atoms with Gasteiger partial charge in [-0.3, -0.25) is 13.9 Å². The number of hydrogen-bond acceptors (Lipinski definition) is 4. The van der Waals surface area contributed by atoms with Gasteiger partial charge in [-0.25, -0.2) is 8.42 Å². The van der Waals surface area contributed by atoms with E-state index >= 15 is 0 Å². The van der Waals surface area contributed by atoms with Crippen molar-refractivity contribution < 1.29 is 23.1 Å². The molecule has 8 heteroatoms. The van der Waals surface area contributed by atoms with Gasteiger partial charge in [-0.15, -0.1) is 0 Å². The summed E-state index contributed by atoms with van der Waals surface area (Å²) < 4.78 is 25.3. The first kappa shape index (κ1) is 18.3. The zero-order valence-electron chi connectivity index (χ0n) is 14.0. The van der Waals surface area contributed by atoms with Gasteiger partial charge in [0, 0.05) is 25.7 Å². The molecular formula is C16H22N2O5S. The molecule has 1 aromatic rings. The summed E-state index contributed by atoms with van der Waals surface area (Å²) in [5, 5.41) is 8.94. The number of carboxylic acid groups (broad SMARTS) is 1. The van der Waals surface area contributed by atoms with Crippen LogP contribution in [0.2, 0.25) is 0 Å². The van der Waals surface area contributed by atoms with Gasteiger partial charge >= 0.3 is 5.97 Å². The minimum atomic E-state index is -3.26. The summed E-state index contributed by atoms with van der Waals surface area (Å²) in [4.78, 5) is 24.8. The third-order valence-electron chi connectivity index (χ3n) is 4.14. The molecule has 0 bridgehead atoms. The minimum Gasteiger partial charge on any atom is -0.481 e. The smallest absolute Gasteiger partial charge is 0.308 e. The average Bonchev–Trinajstić information content (AvgIpc) is 2.85. The van der Waals surface area contributed by atoms with E-state index in [1.165, 1.54) is 9.21 Å². The van der Waals surface area contributed by atoms with Crippen LogP contribution in [-0.2, 0) is 14.8 Å². The highest BCUT2D eigenvalue weighted by molar-refractivity contribution is 7.93. The van der Waals surface area contributed by atoms with Crippen molar-refractivity contribution in [1.29, 1.82) is 0 Å². The maximum atomic E-state index is 12.5. The van der Waals surface area contributed by atoms with Gasteiger partial charge < -0.3 is 10.0 Å². The summed E-state index contributed by atoms with van der Waals surface area (Å²) in [5.41, 5.74) is 1.66. The van der Waals surface area contributed by atoms with Gasteiger partial charge in [-0.05, 0) is 37.1 Å². The normalized spacial score (nSPS) is 17.5. The van der Waals surface area contributed by atoms with Gasteiger partial charge in [0.15, 0.2) is 0 Å². The van der Waals surface area contributed by atoms with E-state index in [1.54, 1.807) is 39.1 Å².